The Morgan fingerprint density at radius 2 is 1.07 bits per heavy atom. The molecule has 0 aromatic heterocycles. The number of nitrogens with two attached hydrogens (primary N) is 2. The van der Waals surface area contributed by atoms with E-state index in [2.05, 4.69) is 0 Å². The predicted octanol–water partition coefficient (Wildman–Crippen LogP) is 4.16. The van der Waals surface area contributed by atoms with Crippen molar-refractivity contribution in [3.8, 4) is 11.5 Å². The Hall–Kier alpha value is -3.35. The molecule has 140 valence electrons. The lowest BCUT2D eigenvalue weighted by molar-refractivity contribution is -0.166. The van der Waals surface area contributed by atoms with Gasteiger partial charge in [0.25, 0.3) is 0 Å². The molecule has 0 unspecified atom stereocenters. The number of phenols is 2. The highest BCUT2D eigenvalue weighted by Gasteiger charge is 2.58. The molecule has 0 radical (unpaired) electrons. The summed E-state index contributed by atoms with van der Waals surface area (Å²) in [5.41, 5.74) is 8.02. The number of nitrogen functional groups attached to an aromatic ring is 2. The zero-order valence-electron chi connectivity index (χ0n) is 14.0. The highest BCUT2D eigenvalue weighted by molar-refractivity contribution is 5.63. The zero-order chi connectivity index (χ0) is 19.8. The van der Waals surface area contributed by atoms with Crippen LogP contribution in [0.4, 0.5) is 24.5 Å². The van der Waals surface area contributed by atoms with Crippen LogP contribution in [0, 0.1) is 0 Å². The summed E-state index contributed by atoms with van der Waals surface area (Å²) in [6.07, 6.45) is -4.78. The van der Waals surface area contributed by atoms with E-state index in [0.29, 0.717) is 0 Å². The van der Waals surface area contributed by atoms with Gasteiger partial charge in [0.2, 0.25) is 0 Å². The van der Waals surface area contributed by atoms with Crippen LogP contribution in [0.15, 0.2) is 66.7 Å². The van der Waals surface area contributed by atoms with Gasteiger partial charge in [0, 0.05) is 0 Å². The summed E-state index contributed by atoms with van der Waals surface area (Å²) in [4.78, 5) is 0. The number of hydrogen-bond donors (Lipinski definition) is 4. The fourth-order valence-electron chi connectivity index (χ4n) is 3.25. The highest BCUT2D eigenvalue weighted by Crippen LogP contribution is 2.52. The normalized spacial score (nSPS) is 12.1. The molecule has 0 heterocycles. The molecule has 0 saturated heterocycles. The zero-order valence-corrected chi connectivity index (χ0v) is 14.0. The molecule has 0 atom stereocenters. The molecule has 0 bridgehead atoms. The van der Waals surface area contributed by atoms with Gasteiger partial charge in [0.05, 0.1) is 11.4 Å². The largest absolute Gasteiger partial charge is 0.506 e. The first kappa shape index (κ1) is 18.4. The van der Waals surface area contributed by atoms with Gasteiger partial charge < -0.3 is 21.7 Å². The second kappa shape index (κ2) is 6.42. The van der Waals surface area contributed by atoms with Crippen LogP contribution in [0.25, 0.3) is 0 Å². The summed E-state index contributed by atoms with van der Waals surface area (Å²) in [7, 11) is 0. The molecule has 6 N–H and O–H groups in total. The van der Waals surface area contributed by atoms with Crippen LogP contribution >= 0.6 is 0 Å². The number of hydrogen-bond acceptors (Lipinski definition) is 4. The van der Waals surface area contributed by atoms with Gasteiger partial charge in [-0.3, -0.25) is 0 Å². The summed E-state index contributed by atoms with van der Waals surface area (Å²) in [5, 5.41) is 19.3. The number of phenolic OH excluding ortho intramolecular Hbond substituents is 2. The number of anilines is 2. The first-order valence-electron chi connectivity index (χ1n) is 7.98. The van der Waals surface area contributed by atoms with E-state index in [-0.39, 0.29) is 39.6 Å². The van der Waals surface area contributed by atoms with Crippen molar-refractivity contribution in [1.82, 2.24) is 0 Å². The van der Waals surface area contributed by atoms with Crippen LogP contribution in [0.3, 0.4) is 0 Å². The Balaban J connectivity index is 2.46. The molecule has 0 amide bonds. The van der Waals surface area contributed by atoms with Crippen LogP contribution in [0.1, 0.15) is 16.7 Å². The van der Waals surface area contributed by atoms with E-state index in [0.717, 1.165) is 24.3 Å². The fraction of sp³-hybridized carbons (Fsp3) is 0.100. The quantitative estimate of drug-likeness (QED) is 0.315. The highest BCUT2D eigenvalue weighted by atomic mass is 19.4. The number of rotatable bonds is 3. The molecular formula is C20H17F3N2O2. The van der Waals surface area contributed by atoms with Gasteiger partial charge >= 0.3 is 6.18 Å². The molecule has 0 saturated carbocycles. The van der Waals surface area contributed by atoms with Crippen molar-refractivity contribution >= 4 is 11.4 Å². The fourth-order valence-corrected chi connectivity index (χ4v) is 3.25. The number of aromatic hydroxyl groups is 2. The first-order valence-corrected chi connectivity index (χ1v) is 7.98. The minimum Gasteiger partial charge on any atom is -0.506 e. The van der Waals surface area contributed by atoms with E-state index in [1.807, 2.05) is 0 Å². The van der Waals surface area contributed by atoms with E-state index >= 15 is 0 Å². The molecule has 3 aromatic carbocycles. The van der Waals surface area contributed by atoms with Crippen molar-refractivity contribution in [3.05, 3.63) is 83.4 Å². The number of benzene rings is 3. The van der Waals surface area contributed by atoms with Crippen molar-refractivity contribution in [3.63, 3.8) is 0 Å². The van der Waals surface area contributed by atoms with Gasteiger partial charge in [-0.2, -0.15) is 13.2 Å². The number of alkyl halides is 3. The maximum Gasteiger partial charge on any atom is 0.406 e. The molecular weight excluding hydrogens is 357 g/mol. The van der Waals surface area contributed by atoms with Gasteiger partial charge in [-0.1, -0.05) is 42.5 Å². The average molecular weight is 374 g/mol. The average Bonchev–Trinajstić information content (AvgIpc) is 2.61. The molecule has 3 aromatic rings. The Bertz CT molecular complexity index is 921. The summed E-state index contributed by atoms with van der Waals surface area (Å²) in [6, 6.07) is 14.1. The second-order valence-electron chi connectivity index (χ2n) is 6.16. The summed E-state index contributed by atoms with van der Waals surface area (Å²) in [5.74, 6) is -0.624. The Morgan fingerprint density at radius 3 is 1.44 bits per heavy atom. The minimum atomic E-state index is -4.78. The third-order valence-corrected chi connectivity index (χ3v) is 4.55. The Morgan fingerprint density at radius 1 is 0.630 bits per heavy atom. The van der Waals surface area contributed by atoms with Crippen LogP contribution in [0.5, 0.6) is 11.5 Å². The van der Waals surface area contributed by atoms with Crippen LogP contribution < -0.4 is 11.5 Å². The van der Waals surface area contributed by atoms with Crippen molar-refractivity contribution in [2.45, 2.75) is 11.6 Å². The van der Waals surface area contributed by atoms with E-state index in [1.54, 1.807) is 6.07 Å². The first-order chi connectivity index (χ1) is 12.7. The molecule has 27 heavy (non-hydrogen) atoms. The predicted molar refractivity (Wildman–Crippen MR) is 97.4 cm³/mol. The van der Waals surface area contributed by atoms with Gasteiger partial charge in [0.15, 0.2) is 0 Å². The molecule has 0 aliphatic heterocycles. The minimum absolute atomic E-state index is 0.0484. The lowest BCUT2D eigenvalue weighted by Crippen LogP contribution is -2.44. The van der Waals surface area contributed by atoms with E-state index < -0.39 is 11.6 Å². The van der Waals surface area contributed by atoms with Crippen LogP contribution in [0.2, 0.25) is 0 Å². The van der Waals surface area contributed by atoms with Crippen molar-refractivity contribution in [2.24, 2.45) is 0 Å². The van der Waals surface area contributed by atoms with Gasteiger partial charge in [-0.05, 0) is 41.0 Å². The topological polar surface area (TPSA) is 92.5 Å². The van der Waals surface area contributed by atoms with Gasteiger partial charge in [-0.15, -0.1) is 0 Å². The van der Waals surface area contributed by atoms with Gasteiger partial charge in [-0.25, -0.2) is 0 Å². The lowest BCUT2D eigenvalue weighted by atomic mass is 9.68. The molecule has 0 aliphatic carbocycles. The smallest absolute Gasteiger partial charge is 0.406 e. The monoisotopic (exact) mass is 374 g/mol. The molecule has 3 rings (SSSR count). The van der Waals surface area contributed by atoms with Crippen LogP contribution in [-0.4, -0.2) is 16.4 Å². The van der Waals surface area contributed by atoms with Crippen molar-refractivity contribution < 1.29 is 23.4 Å². The Kier molecular flexibility index (Phi) is 4.39. The lowest BCUT2D eigenvalue weighted by Gasteiger charge is -2.38. The molecule has 0 spiro atoms. The molecule has 0 fully saturated rings. The SMILES string of the molecule is Nc1cc(C(c2ccccc2)(c2ccc(O)c(N)c2)C(F)(F)F)ccc1O. The molecule has 4 nitrogen and oxygen atoms in total. The molecule has 0 aliphatic rings. The standard InChI is InChI=1S/C20H17F3N2O2/c21-20(22,23)19(12-4-2-1-3-5-12,13-6-8-17(26)15(24)10-13)14-7-9-18(27)16(25)11-14/h1-11,26-27H,24-25H2. The van der Waals surface area contributed by atoms with Gasteiger partial charge in [0.1, 0.15) is 16.9 Å². The van der Waals surface area contributed by atoms with Crippen LogP contribution in [-0.2, 0) is 5.41 Å². The third-order valence-electron chi connectivity index (χ3n) is 4.55. The van der Waals surface area contributed by atoms with Crippen molar-refractivity contribution in [1.29, 1.82) is 0 Å². The third kappa shape index (κ3) is 2.91. The second-order valence-corrected chi connectivity index (χ2v) is 6.16. The maximum absolute atomic E-state index is 14.7. The molecule has 7 heteroatoms. The van der Waals surface area contributed by atoms with E-state index in [4.69, 9.17) is 11.5 Å². The summed E-state index contributed by atoms with van der Waals surface area (Å²) < 4.78 is 44.1. The summed E-state index contributed by atoms with van der Waals surface area (Å²) >= 11 is 0. The summed E-state index contributed by atoms with van der Waals surface area (Å²) in [6.45, 7) is 0. The Labute approximate surface area is 153 Å². The van der Waals surface area contributed by atoms with E-state index in [1.165, 1.54) is 36.4 Å². The van der Waals surface area contributed by atoms with E-state index in [9.17, 15) is 23.4 Å². The number of halogens is 3. The van der Waals surface area contributed by atoms with Crippen molar-refractivity contribution in [2.75, 3.05) is 11.5 Å². The maximum atomic E-state index is 14.7.